The fourth-order valence-corrected chi connectivity index (χ4v) is 2.79. The first-order valence-corrected chi connectivity index (χ1v) is 7.78. The first-order valence-electron chi connectivity index (χ1n) is 7.78. The Morgan fingerprint density at radius 2 is 1.84 bits per heavy atom. The summed E-state index contributed by atoms with van der Waals surface area (Å²) in [6.45, 7) is 8.42. The van der Waals surface area contributed by atoms with Gasteiger partial charge in [-0.15, -0.1) is 0 Å². The molecule has 1 heterocycles. The smallest absolute Gasteiger partial charge is 0.0342 e. The Kier molecular flexibility index (Phi) is 5.71. The van der Waals surface area contributed by atoms with Gasteiger partial charge in [-0.1, -0.05) is 32.0 Å². The average molecular weight is 260 g/mol. The van der Waals surface area contributed by atoms with Crippen molar-refractivity contribution in [1.29, 1.82) is 0 Å². The quantitative estimate of drug-likeness (QED) is 0.831. The largest absolute Gasteiger partial charge is 0.382 e. The molecule has 0 atom stereocenters. The minimum atomic E-state index is 0.656. The third kappa shape index (κ3) is 5.23. The molecule has 2 rings (SSSR count). The van der Waals surface area contributed by atoms with Gasteiger partial charge in [-0.25, -0.2) is 0 Å². The maximum atomic E-state index is 3.65. The van der Waals surface area contributed by atoms with Gasteiger partial charge in [-0.3, -0.25) is 0 Å². The molecule has 1 saturated heterocycles. The molecule has 19 heavy (non-hydrogen) atoms. The highest BCUT2D eigenvalue weighted by Gasteiger charge is 2.18. The number of anilines is 1. The van der Waals surface area contributed by atoms with Crippen LogP contribution < -0.4 is 5.32 Å². The predicted molar refractivity (Wildman–Crippen MR) is 83.6 cm³/mol. The van der Waals surface area contributed by atoms with E-state index in [9.17, 15) is 0 Å². The van der Waals surface area contributed by atoms with E-state index in [-0.39, 0.29) is 0 Å². The van der Waals surface area contributed by atoms with Gasteiger partial charge in [-0.2, -0.15) is 0 Å². The molecule has 106 valence electrons. The third-order valence-electron chi connectivity index (χ3n) is 3.99. The normalized spacial score (nSPS) is 17.8. The summed E-state index contributed by atoms with van der Waals surface area (Å²) in [6, 6.07) is 11.3. The molecule has 0 aromatic heterocycles. The van der Waals surface area contributed by atoms with Crippen LogP contribution >= 0.6 is 0 Å². The molecule has 1 N–H and O–H groups in total. The second-order valence-electron chi connectivity index (χ2n) is 6.16. The van der Waals surface area contributed by atoms with E-state index >= 15 is 0 Å². The van der Waals surface area contributed by atoms with Crippen LogP contribution in [0, 0.1) is 5.92 Å². The molecule has 0 spiro atoms. The van der Waals surface area contributed by atoms with E-state index in [2.05, 4.69) is 54.4 Å². The molecule has 1 aromatic carbocycles. The summed E-state index contributed by atoms with van der Waals surface area (Å²) in [7, 11) is 0. The van der Waals surface area contributed by atoms with Crippen molar-refractivity contribution in [2.24, 2.45) is 5.92 Å². The van der Waals surface area contributed by atoms with Gasteiger partial charge in [0.1, 0.15) is 0 Å². The molecule has 0 saturated carbocycles. The summed E-state index contributed by atoms with van der Waals surface area (Å²) < 4.78 is 0. The van der Waals surface area contributed by atoms with Crippen LogP contribution in [-0.4, -0.2) is 30.6 Å². The van der Waals surface area contributed by atoms with E-state index in [1.54, 1.807) is 0 Å². The van der Waals surface area contributed by atoms with Gasteiger partial charge in [0.05, 0.1) is 0 Å². The van der Waals surface area contributed by atoms with Crippen LogP contribution in [0.2, 0.25) is 0 Å². The summed E-state index contributed by atoms with van der Waals surface area (Å²) in [5.41, 5.74) is 1.26. The first kappa shape index (κ1) is 14.4. The van der Waals surface area contributed by atoms with Gasteiger partial charge >= 0.3 is 0 Å². The number of nitrogens with one attached hydrogen (secondary N) is 1. The second kappa shape index (κ2) is 7.54. The van der Waals surface area contributed by atoms with Gasteiger partial charge in [0.15, 0.2) is 0 Å². The molecule has 0 aliphatic carbocycles. The fraction of sp³-hybridized carbons (Fsp3) is 0.647. The van der Waals surface area contributed by atoms with Crippen molar-refractivity contribution < 1.29 is 0 Å². The molecule has 1 aliphatic rings. The Morgan fingerprint density at radius 3 is 2.47 bits per heavy atom. The second-order valence-corrected chi connectivity index (χ2v) is 6.16. The Hall–Kier alpha value is -1.02. The van der Waals surface area contributed by atoms with Gasteiger partial charge in [0, 0.05) is 24.8 Å². The molecule has 0 radical (unpaired) electrons. The van der Waals surface area contributed by atoms with E-state index in [0.717, 1.165) is 5.92 Å². The van der Waals surface area contributed by atoms with Crippen molar-refractivity contribution in [1.82, 2.24) is 4.90 Å². The molecule has 0 amide bonds. The SMILES string of the molecule is CC(C)CCCN1CCC(Nc2ccccc2)CC1. The highest BCUT2D eigenvalue weighted by Crippen LogP contribution is 2.17. The Balaban J connectivity index is 1.65. The Morgan fingerprint density at radius 1 is 1.16 bits per heavy atom. The highest BCUT2D eigenvalue weighted by molar-refractivity contribution is 5.43. The maximum Gasteiger partial charge on any atom is 0.0342 e. The van der Waals surface area contributed by atoms with Crippen LogP contribution in [0.4, 0.5) is 5.69 Å². The molecule has 1 aliphatic heterocycles. The van der Waals surface area contributed by atoms with Crippen molar-refractivity contribution in [3.05, 3.63) is 30.3 Å². The van der Waals surface area contributed by atoms with E-state index < -0.39 is 0 Å². The molecule has 2 nitrogen and oxygen atoms in total. The zero-order chi connectivity index (χ0) is 13.5. The number of hydrogen-bond donors (Lipinski definition) is 1. The molecule has 2 heteroatoms. The molecule has 1 fully saturated rings. The van der Waals surface area contributed by atoms with Crippen LogP contribution in [0.1, 0.15) is 39.5 Å². The molecule has 1 aromatic rings. The number of nitrogens with zero attached hydrogens (tertiary/aromatic N) is 1. The van der Waals surface area contributed by atoms with Crippen molar-refractivity contribution in [2.75, 3.05) is 25.0 Å². The van der Waals surface area contributed by atoms with Crippen LogP contribution in [0.5, 0.6) is 0 Å². The number of likely N-dealkylation sites (tertiary alicyclic amines) is 1. The van der Waals surface area contributed by atoms with Crippen LogP contribution in [0.25, 0.3) is 0 Å². The summed E-state index contributed by atoms with van der Waals surface area (Å²) in [5.74, 6) is 0.845. The molecular weight excluding hydrogens is 232 g/mol. The number of benzene rings is 1. The number of rotatable bonds is 6. The van der Waals surface area contributed by atoms with E-state index in [1.807, 2.05) is 0 Å². The zero-order valence-electron chi connectivity index (χ0n) is 12.4. The lowest BCUT2D eigenvalue weighted by Gasteiger charge is -2.33. The molecule has 0 unspecified atom stereocenters. The van der Waals surface area contributed by atoms with Crippen molar-refractivity contribution >= 4 is 5.69 Å². The van der Waals surface area contributed by atoms with E-state index in [1.165, 1.54) is 51.0 Å². The van der Waals surface area contributed by atoms with Gasteiger partial charge < -0.3 is 10.2 Å². The lowest BCUT2D eigenvalue weighted by Crippen LogP contribution is -2.39. The monoisotopic (exact) mass is 260 g/mol. The van der Waals surface area contributed by atoms with Crippen molar-refractivity contribution in [2.45, 2.75) is 45.6 Å². The fourth-order valence-electron chi connectivity index (χ4n) is 2.79. The first-order chi connectivity index (χ1) is 9.24. The molecule has 0 bridgehead atoms. The predicted octanol–water partition coefficient (Wildman–Crippen LogP) is 4.00. The average Bonchev–Trinajstić information content (AvgIpc) is 2.42. The van der Waals surface area contributed by atoms with Gasteiger partial charge in [0.2, 0.25) is 0 Å². The van der Waals surface area contributed by atoms with Crippen molar-refractivity contribution in [3.8, 4) is 0 Å². The van der Waals surface area contributed by atoms with E-state index in [4.69, 9.17) is 0 Å². The third-order valence-corrected chi connectivity index (χ3v) is 3.99. The summed E-state index contributed by atoms with van der Waals surface area (Å²) in [6.07, 6.45) is 5.27. The lowest BCUT2D eigenvalue weighted by atomic mass is 10.0. The van der Waals surface area contributed by atoms with Crippen LogP contribution in [-0.2, 0) is 0 Å². The maximum absolute atomic E-state index is 3.65. The Labute approximate surface area is 118 Å². The Bertz CT molecular complexity index is 340. The highest BCUT2D eigenvalue weighted by atomic mass is 15.1. The molecular formula is C17H28N2. The zero-order valence-corrected chi connectivity index (χ0v) is 12.4. The van der Waals surface area contributed by atoms with Crippen LogP contribution in [0.3, 0.4) is 0 Å². The minimum Gasteiger partial charge on any atom is -0.382 e. The van der Waals surface area contributed by atoms with E-state index in [0.29, 0.717) is 6.04 Å². The summed E-state index contributed by atoms with van der Waals surface area (Å²) >= 11 is 0. The lowest BCUT2D eigenvalue weighted by molar-refractivity contribution is 0.212. The summed E-state index contributed by atoms with van der Waals surface area (Å²) in [4.78, 5) is 2.63. The minimum absolute atomic E-state index is 0.656. The van der Waals surface area contributed by atoms with Gasteiger partial charge in [-0.05, 0) is 50.3 Å². The number of piperidine rings is 1. The van der Waals surface area contributed by atoms with Gasteiger partial charge in [0.25, 0.3) is 0 Å². The van der Waals surface area contributed by atoms with Crippen molar-refractivity contribution in [3.63, 3.8) is 0 Å². The number of hydrogen-bond acceptors (Lipinski definition) is 2. The number of para-hydroxylation sites is 1. The van der Waals surface area contributed by atoms with Crippen LogP contribution in [0.15, 0.2) is 30.3 Å². The topological polar surface area (TPSA) is 15.3 Å². The standard InChI is InChI=1S/C17H28N2/c1-15(2)7-6-12-19-13-10-17(11-14-19)18-16-8-4-3-5-9-16/h3-5,8-9,15,17-18H,6-7,10-14H2,1-2H3. The summed E-state index contributed by atoms with van der Waals surface area (Å²) in [5, 5.41) is 3.65.